The minimum absolute atomic E-state index is 0.836. The Kier molecular flexibility index (Phi) is 0.818. The van der Waals surface area contributed by atoms with Crippen LogP contribution in [0.5, 0.6) is 0 Å². The minimum Gasteiger partial charge on any atom is -0.399 e. The summed E-state index contributed by atoms with van der Waals surface area (Å²) < 4.78 is 4.32. The summed E-state index contributed by atoms with van der Waals surface area (Å²) in [7, 11) is 0. The third kappa shape index (κ3) is 0.616. The number of aromatic nitrogens is 1. The van der Waals surface area contributed by atoms with E-state index in [0.29, 0.717) is 0 Å². The molecule has 1 aromatic heterocycles. The zero-order chi connectivity index (χ0) is 6.27. The quantitative estimate of drug-likeness (QED) is 0.535. The highest BCUT2D eigenvalue weighted by atomic mass is 32.1. The second kappa shape index (κ2) is 1.51. The van der Waals surface area contributed by atoms with Crippen molar-refractivity contribution in [3.8, 4) is 0 Å². The van der Waals surface area contributed by atoms with E-state index in [4.69, 9.17) is 5.73 Å². The Morgan fingerprint density at radius 2 is 2.33 bits per heavy atom. The van der Waals surface area contributed by atoms with Gasteiger partial charge in [0.05, 0.1) is 10.2 Å². The van der Waals surface area contributed by atoms with Crippen molar-refractivity contribution in [3.63, 3.8) is 0 Å². The van der Waals surface area contributed by atoms with Gasteiger partial charge in [0.15, 0.2) is 0 Å². The van der Waals surface area contributed by atoms with E-state index < -0.39 is 0 Å². The highest BCUT2D eigenvalue weighted by Crippen LogP contribution is 2.21. The molecule has 2 nitrogen and oxygen atoms in total. The zero-order valence-electron chi connectivity index (χ0n) is 4.72. The van der Waals surface area contributed by atoms with Gasteiger partial charge < -0.3 is 10.1 Å². The average Bonchev–Trinajstić information content (AvgIpc) is 1.78. The SMILES string of the molecule is Nc1ccc2[nH]sc2c1. The molecule has 0 bridgehead atoms. The van der Waals surface area contributed by atoms with Crippen LogP contribution in [0.15, 0.2) is 18.2 Å². The van der Waals surface area contributed by atoms with E-state index in [1.807, 2.05) is 18.2 Å². The summed E-state index contributed by atoms with van der Waals surface area (Å²) in [4.78, 5) is 0. The maximum Gasteiger partial charge on any atom is 0.0704 e. The lowest BCUT2D eigenvalue weighted by atomic mass is 10.3. The first-order chi connectivity index (χ1) is 4.36. The molecule has 0 aliphatic heterocycles. The largest absolute Gasteiger partial charge is 0.399 e. The molecule has 0 saturated carbocycles. The third-order valence-electron chi connectivity index (χ3n) is 1.28. The van der Waals surface area contributed by atoms with Crippen LogP contribution in [0, 0.1) is 0 Å². The van der Waals surface area contributed by atoms with Crippen molar-refractivity contribution in [2.24, 2.45) is 0 Å². The molecule has 2 rings (SSSR count). The van der Waals surface area contributed by atoms with E-state index in [2.05, 4.69) is 4.37 Å². The number of hydrogen-bond donors (Lipinski definition) is 2. The number of anilines is 1. The first-order valence-electron chi connectivity index (χ1n) is 2.68. The number of nitrogen functional groups attached to an aromatic ring is 1. The first-order valence-corrected chi connectivity index (χ1v) is 3.50. The maximum absolute atomic E-state index is 5.52. The molecule has 46 valence electrons. The van der Waals surface area contributed by atoms with Crippen LogP contribution in [0.25, 0.3) is 10.2 Å². The fraction of sp³-hybridized carbons (Fsp3) is 0. The fourth-order valence-corrected chi connectivity index (χ4v) is 1.44. The Labute approximate surface area is 56.4 Å². The van der Waals surface area contributed by atoms with Gasteiger partial charge in [0.2, 0.25) is 0 Å². The van der Waals surface area contributed by atoms with E-state index in [1.54, 1.807) is 11.5 Å². The normalized spacial score (nSPS) is 10.7. The number of nitrogens with one attached hydrogen (secondary N) is 1. The van der Waals surface area contributed by atoms with Crippen molar-refractivity contribution in [2.75, 3.05) is 5.73 Å². The van der Waals surface area contributed by atoms with Crippen molar-refractivity contribution in [1.82, 2.24) is 4.37 Å². The van der Waals surface area contributed by atoms with Crippen molar-refractivity contribution in [2.45, 2.75) is 0 Å². The average molecular weight is 138 g/mol. The number of nitrogens with two attached hydrogens (primary N) is 1. The lowest BCUT2D eigenvalue weighted by Gasteiger charge is -1.99. The Morgan fingerprint density at radius 3 is 2.78 bits per heavy atom. The van der Waals surface area contributed by atoms with Crippen molar-refractivity contribution in [3.05, 3.63) is 18.2 Å². The van der Waals surface area contributed by atoms with Crippen LogP contribution < -0.4 is 5.73 Å². The summed E-state index contributed by atoms with van der Waals surface area (Å²) in [6.07, 6.45) is 0. The minimum atomic E-state index is 0.836. The van der Waals surface area contributed by atoms with Gasteiger partial charge in [-0.15, -0.1) is 0 Å². The lowest BCUT2D eigenvalue weighted by Crippen LogP contribution is -1.84. The van der Waals surface area contributed by atoms with Crippen LogP contribution in [0.4, 0.5) is 5.69 Å². The van der Waals surface area contributed by atoms with E-state index in [9.17, 15) is 0 Å². The van der Waals surface area contributed by atoms with Crippen molar-refractivity contribution >= 4 is 27.4 Å². The molecule has 1 heterocycles. The molecular weight excluding hydrogens is 132 g/mol. The molecule has 0 fully saturated rings. The van der Waals surface area contributed by atoms with Gasteiger partial charge in [-0.1, -0.05) is 11.5 Å². The van der Waals surface area contributed by atoms with E-state index in [-0.39, 0.29) is 0 Å². The van der Waals surface area contributed by atoms with Crippen molar-refractivity contribution < 1.29 is 0 Å². The number of aromatic amines is 1. The Balaban J connectivity index is 2.78. The van der Waals surface area contributed by atoms with Crippen molar-refractivity contribution in [1.29, 1.82) is 0 Å². The molecule has 0 spiro atoms. The molecule has 0 atom stereocenters. The second-order valence-electron chi connectivity index (χ2n) is 1.96. The molecule has 9 heavy (non-hydrogen) atoms. The van der Waals surface area contributed by atoms with Crippen LogP contribution in [0.1, 0.15) is 0 Å². The molecule has 0 aliphatic rings. The van der Waals surface area contributed by atoms with E-state index in [1.165, 1.54) is 10.2 Å². The Morgan fingerprint density at radius 1 is 1.44 bits per heavy atom. The molecule has 2 aromatic rings. The maximum atomic E-state index is 5.52. The molecule has 1 aromatic carbocycles. The predicted molar refractivity (Wildman–Crippen MR) is 40.6 cm³/mol. The van der Waals surface area contributed by atoms with Gasteiger partial charge in [0, 0.05) is 5.69 Å². The third-order valence-corrected chi connectivity index (χ3v) is 2.16. The monoisotopic (exact) mass is 138 g/mol. The summed E-state index contributed by atoms with van der Waals surface area (Å²) in [5.41, 5.74) is 7.55. The summed E-state index contributed by atoms with van der Waals surface area (Å²) in [6, 6.07) is 5.85. The Hall–Kier alpha value is -0.960. The smallest absolute Gasteiger partial charge is 0.0704 e. The molecule has 0 amide bonds. The molecule has 0 unspecified atom stereocenters. The van der Waals surface area contributed by atoms with Crippen LogP contribution in [0.2, 0.25) is 0 Å². The molecule has 0 saturated heterocycles. The van der Waals surface area contributed by atoms with Gasteiger partial charge >= 0.3 is 0 Å². The number of benzene rings is 1. The van der Waals surface area contributed by atoms with Gasteiger partial charge in [-0.25, -0.2) is 0 Å². The van der Waals surface area contributed by atoms with Gasteiger partial charge in [-0.05, 0) is 18.2 Å². The molecule has 0 aliphatic carbocycles. The number of fused-ring (bicyclic) bond motifs is 1. The second-order valence-corrected chi connectivity index (χ2v) is 2.81. The molecule has 0 radical (unpaired) electrons. The van der Waals surface area contributed by atoms with E-state index in [0.717, 1.165) is 5.69 Å². The van der Waals surface area contributed by atoms with E-state index >= 15 is 0 Å². The van der Waals surface area contributed by atoms with Gasteiger partial charge in [-0.3, -0.25) is 0 Å². The fourth-order valence-electron chi connectivity index (χ4n) is 0.771. The van der Waals surface area contributed by atoms with Crippen LogP contribution >= 0.6 is 11.5 Å². The highest BCUT2D eigenvalue weighted by molar-refractivity contribution is 7.15. The number of hydrogen-bond acceptors (Lipinski definition) is 2. The van der Waals surface area contributed by atoms with Crippen LogP contribution in [0.3, 0.4) is 0 Å². The standard InChI is InChI=1S/C6H6N2S/c7-4-1-2-5-6(3-4)9-8-5/h1-3,8H,7H2. The molecule has 3 N–H and O–H groups in total. The van der Waals surface area contributed by atoms with Gasteiger partial charge in [0.25, 0.3) is 0 Å². The van der Waals surface area contributed by atoms with Crippen LogP contribution in [-0.4, -0.2) is 4.37 Å². The first kappa shape index (κ1) is 4.88. The molecular formula is C6H6N2S. The summed E-state index contributed by atoms with van der Waals surface area (Å²) >= 11 is 1.61. The number of rotatable bonds is 0. The number of H-pyrrole nitrogens is 1. The summed E-state index contributed by atoms with van der Waals surface area (Å²) in [6.45, 7) is 0. The summed E-state index contributed by atoms with van der Waals surface area (Å²) in [5.74, 6) is 0. The topological polar surface area (TPSA) is 41.8 Å². The van der Waals surface area contributed by atoms with Crippen LogP contribution in [-0.2, 0) is 0 Å². The predicted octanol–water partition coefficient (Wildman–Crippen LogP) is 1.81. The summed E-state index contributed by atoms with van der Waals surface area (Å²) in [5, 5.41) is 0. The highest BCUT2D eigenvalue weighted by Gasteiger charge is 1.95. The van der Waals surface area contributed by atoms with Gasteiger partial charge in [-0.2, -0.15) is 0 Å². The zero-order valence-corrected chi connectivity index (χ0v) is 5.53. The molecule has 3 heteroatoms. The van der Waals surface area contributed by atoms with Gasteiger partial charge in [0.1, 0.15) is 0 Å². The lowest BCUT2D eigenvalue weighted by molar-refractivity contribution is 1.62. The Bertz CT molecular complexity index is 320.